The zero-order valence-electron chi connectivity index (χ0n) is 24.0. The molecule has 3 atom stereocenters. The lowest BCUT2D eigenvalue weighted by atomic mass is 9.86. The standard InChI is InChI=1S/C32H40F5N3O2/c1-21-3-2-4-24(15-21)27-20-40(28(30(41)42)16-23-5-6-23)19-25(27)18-39-13-10-22(11-14-39)9-12-31(33,34)26-7-8-29(38-17-26)32(35,36)37/h2-4,7-8,15,17,22-23,25,27-28H,5-6,9-14,16,18-20H2,1H3,(H,41,42). The molecule has 1 N–H and O–H groups in total. The highest BCUT2D eigenvalue weighted by Gasteiger charge is 2.42. The molecule has 42 heavy (non-hydrogen) atoms. The molecule has 2 aliphatic heterocycles. The first-order valence-electron chi connectivity index (χ1n) is 15.1. The van der Waals surface area contributed by atoms with E-state index in [0.717, 1.165) is 64.5 Å². The number of aromatic nitrogens is 1. The molecule has 1 saturated carbocycles. The van der Waals surface area contributed by atoms with E-state index in [1.807, 2.05) is 0 Å². The monoisotopic (exact) mass is 593 g/mol. The number of rotatable bonds is 11. The third-order valence-electron chi connectivity index (χ3n) is 9.46. The molecule has 3 fully saturated rings. The minimum Gasteiger partial charge on any atom is -0.480 e. The number of hydrogen-bond donors (Lipinski definition) is 1. The van der Waals surface area contributed by atoms with Crippen LogP contribution in [0.2, 0.25) is 0 Å². The summed E-state index contributed by atoms with van der Waals surface area (Å²) in [5.74, 6) is -2.82. The van der Waals surface area contributed by atoms with E-state index in [4.69, 9.17) is 0 Å². The lowest BCUT2D eigenvalue weighted by Gasteiger charge is -2.35. The van der Waals surface area contributed by atoms with E-state index < -0.39 is 41.8 Å². The van der Waals surface area contributed by atoms with Crippen LogP contribution in [0.5, 0.6) is 0 Å². The highest BCUT2D eigenvalue weighted by Crippen LogP contribution is 2.41. The number of nitrogens with zero attached hydrogens (tertiary/aromatic N) is 3. The molecule has 2 aromatic rings. The van der Waals surface area contributed by atoms with Gasteiger partial charge in [0.1, 0.15) is 11.7 Å². The van der Waals surface area contributed by atoms with Crippen LogP contribution >= 0.6 is 0 Å². The third kappa shape index (κ3) is 7.67. The van der Waals surface area contributed by atoms with E-state index in [2.05, 4.69) is 46.0 Å². The molecule has 0 spiro atoms. The summed E-state index contributed by atoms with van der Waals surface area (Å²) in [7, 11) is 0. The van der Waals surface area contributed by atoms with Gasteiger partial charge >= 0.3 is 12.1 Å². The SMILES string of the molecule is Cc1cccc(C2CN(C(CC3CC3)C(=O)O)CC2CN2CCC(CCC(F)(F)c3ccc(C(F)(F)F)nc3)CC2)c1. The molecule has 3 aliphatic rings. The second-order valence-electron chi connectivity index (χ2n) is 12.7. The van der Waals surface area contributed by atoms with E-state index in [0.29, 0.717) is 31.0 Å². The fourth-order valence-corrected chi connectivity index (χ4v) is 6.79. The number of benzene rings is 1. The number of carboxylic acids is 1. The molecular formula is C32H40F5N3O2. The van der Waals surface area contributed by atoms with Crippen molar-refractivity contribution >= 4 is 5.97 Å². The maximum Gasteiger partial charge on any atom is 0.433 e. The normalized spacial score (nSPS) is 23.8. The number of aliphatic carboxylic acids is 1. The summed E-state index contributed by atoms with van der Waals surface area (Å²) in [6, 6.07) is 9.46. The Morgan fingerprint density at radius 2 is 1.76 bits per heavy atom. The van der Waals surface area contributed by atoms with Gasteiger partial charge in [-0.1, -0.05) is 42.7 Å². The molecule has 2 saturated heterocycles. The summed E-state index contributed by atoms with van der Waals surface area (Å²) >= 11 is 0. The Labute approximate surface area is 244 Å². The van der Waals surface area contributed by atoms with Crippen molar-refractivity contribution in [2.45, 2.75) is 75.9 Å². The van der Waals surface area contributed by atoms with Crippen molar-refractivity contribution in [1.82, 2.24) is 14.8 Å². The first-order valence-corrected chi connectivity index (χ1v) is 15.1. The van der Waals surface area contributed by atoms with Crippen molar-refractivity contribution in [3.8, 4) is 0 Å². The van der Waals surface area contributed by atoms with Crippen LogP contribution in [0.15, 0.2) is 42.6 Å². The molecule has 1 aromatic carbocycles. The van der Waals surface area contributed by atoms with Gasteiger partial charge in [0.2, 0.25) is 0 Å². The highest BCUT2D eigenvalue weighted by molar-refractivity contribution is 5.73. The predicted octanol–water partition coefficient (Wildman–Crippen LogP) is 6.96. The average Bonchev–Trinajstić information content (AvgIpc) is 3.68. The second kappa shape index (κ2) is 12.6. The number of pyridine rings is 1. The molecule has 10 heteroatoms. The first-order chi connectivity index (χ1) is 19.9. The molecule has 5 rings (SSSR count). The van der Waals surface area contributed by atoms with Crippen LogP contribution in [0.25, 0.3) is 0 Å². The van der Waals surface area contributed by atoms with Gasteiger partial charge in [-0.25, -0.2) is 8.78 Å². The highest BCUT2D eigenvalue weighted by atomic mass is 19.4. The summed E-state index contributed by atoms with van der Waals surface area (Å²) in [6.45, 7) is 5.95. The molecule has 0 radical (unpaired) electrons. The number of carboxylic acid groups (broad SMARTS) is 1. The van der Waals surface area contributed by atoms with E-state index >= 15 is 0 Å². The Morgan fingerprint density at radius 3 is 2.36 bits per heavy atom. The summed E-state index contributed by atoms with van der Waals surface area (Å²) in [5.41, 5.74) is 0.767. The minimum atomic E-state index is -4.66. The topological polar surface area (TPSA) is 56.7 Å². The second-order valence-corrected chi connectivity index (χ2v) is 12.7. The van der Waals surface area contributed by atoms with Gasteiger partial charge in [-0.05, 0) is 81.1 Å². The molecule has 1 aromatic heterocycles. The number of piperidine rings is 1. The molecular weight excluding hydrogens is 553 g/mol. The molecule has 0 bridgehead atoms. The Hall–Kier alpha value is -2.59. The van der Waals surface area contributed by atoms with E-state index in [1.165, 1.54) is 11.1 Å². The van der Waals surface area contributed by atoms with Crippen molar-refractivity contribution in [2.75, 3.05) is 32.7 Å². The molecule has 1 aliphatic carbocycles. The Kier molecular flexibility index (Phi) is 9.23. The number of carbonyl (C=O) groups is 1. The van der Waals surface area contributed by atoms with Gasteiger partial charge in [0, 0.05) is 43.7 Å². The molecule has 3 unspecified atom stereocenters. The van der Waals surface area contributed by atoms with Crippen molar-refractivity contribution in [1.29, 1.82) is 0 Å². The minimum absolute atomic E-state index is 0.122. The maximum atomic E-state index is 14.8. The van der Waals surface area contributed by atoms with Gasteiger partial charge < -0.3 is 10.0 Å². The van der Waals surface area contributed by atoms with Gasteiger partial charge in [0.05, 0.1) is 0 Å². The maximum absolute atomic E-state index is 14.8. The molecule has 0 amide bonds. The van der Waals surface area contributed by atoms with Gasteiger partial charge in [0.15, 0.2) is 0 Å². The predicted molar refractivity (Wildman–Crippen MR) is 149 cm³/mol. The molecule has 5 nitrogen and oxygen atoms in total. The van der Waals surface area contributed by atoms with Crippen molar-refractivity contribution in [2.24, 2.45) is 17.8 Å². The van der Waals surface area contributed by atoms with Crippen molar-refractivity contribution < 1.29 is 31.9 Å². The van der Waals surface area contributed by atoms with Gasteiger partial charge in [0.25, 0.3) is 5.92 Å². The summed E-state index contributed by atoms with van der Waals surface area (Å²) in [6.07, 6.45) is 0.365. The summed E-state index contributed by atoms with van der Waals surface area (Å²) in [4.78, 5) is 20.0. The quantitative estimate of drug-likeness (QED) is 0.286. The fraction of sp³-hybridized carbons (Fsp3) is 0.625. The third-order valence-corrected chi connectivity index (χ3v) is 9.46. The van der Waals surface area contributed by atoms with Gasteiger partial charge in [-0.3, -0.25) is 14.7 Å². The lowest BCUT2D eigenvalue weighted by Crippen LogP contribution is -2.42. The lowest BCUT2D eigenvalue weighted by molar-refractivity contribution is -0.143. The molecule has 3 heterocycles. The van der Waals surface area contributed by atoms with Crippen LogP contribution in [0.4, 0.5) is 22.0 Å². The Balaban J connectivity index is 1.16. The zero-order chi connectivity index (χ0) is 30.1. The van der Waals surface area contributed by atoms with Crippen LogP contribution in [-0.2, 0) is 16.9 Å². The fourth-order valence-electron chi connectivity index (χ4n) is 6.79. The Morgan fingerprint density at radius 1 is 1.02 bits per heavy atom. The van der Waals surface area contributed by atoms with E-state index in [-0.39, 0.29) is 17.8 Å². The van der Waals surface area contributed by atoms with Gasteiger partial charge in [-0.2, -0.15) is 13.2 Å². The zero-order valence-corrected chi connectivity index (χ0v) is 24.0. The van der Waals surface area contributed by atoms with Crippen LogP contribution in [0.1, 0.15) is 73.2 Å². The Bertz CT molecular complexity index is 1210. The number of aryl methyl sites for hydroxylation is 1. The molecule has 230 valence electrons. The van der Waals surface area contributed by atoms with Gasteiger partial charge in [-0.15, -0.1) is 0 Å². The largest absolute Gasteiger partial charge is 0.480 e. The van der Waals surface area contributed by atoms with E-state index in [1.54, 1.807) is 0 Å². The van der Waals surface area contributed by atoms with Crippen LogP contribution in [0, 0.1) is 24.7 Å². The smallest absolute Gasteiger partial charge is 0.433 e. The average molecular weight is 594 g/mol. The number of hydrogen-bond acceptors (Lipinski definition) is 4. The summed E-state index contributed by atoms with van der Waals surface area (Å²) < 4.78 is 67.8. The van der Waals surface area contributed by atoms with Crippen LogP contribution in [-0.4, -0.2) is 64.6 Å². The summed E-state index contributed by atoms with van der Waals surface area (Å²) in [5, 5.41) is 10.0. The van der Waals surface area contributed by atoms with E-state index in [9.17, 15) is 31.9 Å². The first kappa shape index (κ1) is 30.9. The number of alkyl halides is 5. The van der Waals surface area contributed by atoms with Crippen LogP contribution < -0.4 is 0 Å². The van der Waals surface area contributed by atoms with Crippen molar-refractivity contribution in [3.05, 3.63) is 65.0 Å². The number of halogens is 5. The van der Waals surface area contributed by atoms with Crippen molar-refractivity contribution in [3.63, 3.8) is 0 Å². The van der Waals surface area contributed by atoms with Crippen LogP contribution in [0.3, 0.4) is 0 Å². The number of likely N-dealkylation sites (tertiary alicyclic amines) is 2.